The first-order chi connectivity index (χ1) is 7.58. The number of carbonyl (C=O) groups is 2. The Morgan fingerprint density at radius 1 is 1.31 bits per heavy atom. The Labute approximate surface area is 95.6 Å². The van der Waals surface area contributed by atoms with Gasteiger partial charge in [0.25, 0.3) is 0 Å². The van der Waals surface area contributed by atoms with Gasteiger partial charge in [0.1, 0.15) is 0 Å². The minimum Gasteiger partial charge on any atom is -0.393 e. The maximum atomic E-state index is 11.3. The van der Waals surface area contributed by atoms with Crippen LogP contribution in [0.1, 0.15) is 32.6 Å². The summed E-state index contributed by atoms with van der Waals surface area (Å²) in [6.45, 7) is 2.00. The standard InChI is InChI=1S/C11H20N2O3/c1-8(14)12-7-11(16)13-6-9-3-2-4-10(15)5-9/h9-10,15H,2-7H2,1H3,(H,12,14)(H,13,16). The number of aliphatic hydroxyl groups excluding tert-OH is 1. The molecule has 0 aliphatic heterocycles. The summed E-state index contributed by atoms with van der Waals surface area (Å²) in [4.78, 5) is 21.9. The molecular formula is C11H20N2O3. The molecule has 2 unspecified atom stereocenters. The summed E-state index contributed by atoms with van der Waals surface area (Å²) in [5.74, 6) is -0.0106. The molecule has 1 saturated carbocycles. The zero-order valence-electron chi connectivity index (χ0n) is 9.66. The predicted octanol–water partition coefficient (Wildman–Crippen LogP) is -0.210. The summed E-state index contributed by atoms with van der Waals surface area (Å²) in [7, 11) is 0. The quantitative estimate of drug-likeness (QED) is 0.623. The van der Waals surface area contributed by atoms with Crippen molar-refractivity contribution >= 4 is 11.8 Å². The molecule has 2 atom stereocenters. The maximum absolute atomic E-state index is 11.3. The van der Waals surface area contributed by atoms with Crippen LogP contribution in [0.15, 0.2) is 0 Å². The third kappa shape index (κ3) is 5.11. The smallest absolute Gasteiger partial charge is 0.239 e. The molecule has 0 saturated heterocycles. The summed E-state index contributed by atoms with van der Waals surface area (Å²) in [5.41, 5.74) is 0. The first kappa shape index (κ1) is 13.0. The summed E-state index contributed by atoms with van der Waals surface area (Å²) < 4.78 is 0. The van der Waals surface area contributed by atoms with Gasteiger partial charge in [-0.25, -0.2) is 0 Å². The van der Waals surface area contributed by atoms with Gasteiger partial charge in [0.05, 0.1) is 12.6 Å². The number of nitrogens with one attached hydrogen (secondary N) is 2. The van der Waals surface area contributed by atoms with Crippen LogP contribution in [0, 0.1) is 5.92 Å². The molecule has 0 aromatic heterocycles. The lowest BCUT2D eigenvalue weighted by atomic mass is 9.87. The fourth-order valence-corrected chi connectivity index (χ4v) is 1.97. The largest absolute Gasteiger partial charge is 0.393 e. The predicted molar refractivity (Wildman–Crippen MR) is 59.7 cm³/mol. The highest BCUT2D eigenvalue weighted by atomic mass is 16.3. The summed E-state index contributed by atoms with van der Waals surface area (Å²) in [6, 6.07) is 0. The third-order valence-corrected chi connectivity index (χ3v) is 2.84. The van der Waals surface area contributed by atoms with Crippen LogP contribution in [0.4, 0.5) is 0 Å². The van der Waals surface area contributed by atoms with Gasteiger partial charge in [-0.3, -0.25) is 9.59 Å². The first-order valence-electron chi connectivity index (χ1n) is 5.77. The zero-order chi connectivity index (χ0) is 12.0. The highest BCUT2D eigenvalue weighted by Crippen LogP contribution is 2.23. The van der Waals surface area contributed by atoms with Gasteiger partial charge in [-0.2, -0.15) is 0 Å². The Morgan fingerprint density at radius 3 is 2.69 bits per heavy atom. The Balaban J connectivity index is 2.13. The highest BCUT2D eigenvalue weighted by molar-refractivity contribution is 5.83. The van der Waals surface area contributed by atoms with Crippen molar-refractivity contribution in [1.82, 2.24) is 10.6 Å². The van der Waals surface area contributed by atoms with E-state index in [9.17, 15) is 14.7 Å². The molecule has 0 aromatic carbocycles. The maximum Gasteiger partial charge on any atom is 0.239 e. The van der Waals surface area contributed by atoms with Crippen LogP contribution in [-0.2, 0) is 9.59 Å². The van der Waals surface area contributed by atoms with Gasteiger partial charge in [-0.15, -0.1) is 0 Å². The van der Waals surface area contributed by atoms with E-state index in [1.807, 2.05) is 0 Å². The van der Waals surface area contributed by atoms with Crippen molar-refractivity contribution in [2.24, 2.45) is 5.92 Å². The second-order valence-electron chi connectivity index (χ2n) is 4.40. The van der Waals surface area contributed by atoms with E-state index in [-0.39, 0.29) is 24.5 Å². The van der Waals surface area contributed by atoms with Crippen LogP contribution in [-0.4, -0.2) is 36.1 Å². The van der Waals surface area contributed by atoms with E-state index in [4.69, 9.17) is 0 Å². The van der Waals surface area contributed by atoms with Crippen LogP contribution in [0.3, 0.4) is 0 Å². The lowest BCUT2D eigenvalue weighted by Gasteiger charge is -2.25. The van der Waals surface area contributed by atoms with Gasteiger partial charge in [-0.05, 0) is 25.2 Å². The normalized spacial score (nSPS) is 24.9. The van der Waals surface area contributed by atoms with Gasteiger partial charge in [0.15, 0.2) is 0 Å². The van der Waals surface area contributed by atoms with E-state index in [1.54, 1.807) is 0 Å². The molecular weight excluding hydrogens is 208 g/mol. The fourth-order valence-electron chi connectivity index (χ4n) is 1.97. The van der Waals surface area contributed by atoms with E-state index in [0.717, 1.165) is 25.7 Å². The summed E-state index contributed by atoms with van der Waals surface area (Å²) in [6.07, 6.45) is 3.49. The van der Waals surface area contributed by atoms with Crippen LogP contribution in [0.2, 0.25) is 0 Å². The third-order valence-electron chi connectivity index (χ3n) is 2.84. The Kier molecular flexibility index (Phi) is 5.25. The van der Waals surface area contributed by atoms with E-state index < -0.39 is 0 Å². The van der Waals surface area contributed by atoms with Gasteiger partial charge < -0.3 is 15.7 Å². The zero-order valence-corrected chi connectivity index (χ0v) is 9.66. The van der Waals surface area contributed by atoms with Crippen LogP contribution in [0.25, 0.3) is 0 Å². The Bertz CT molecular complexity index is 256. The molecule has 1 fully saturated rings. The molecule has 0 spiro atoms. The lowest BCUT2D eigenvalue weighted by Crippen LogP contribution is -2.39. The second-order valence-corrected chi connectivity index (χ2v) is 4.40. The molecule has 2 amide bonds. The Hall–Kier alpha value is -1.10. The van der Waals surface area contributed by atoms with E-state index >= 15 is 0 Å². The molecule has 1 aliphatic rings. The molecule has 5 heteroatoms. The molecule has 0 aromatic rings. The molecule has 3 N–H and O–H groups in total. The summed E-state index contributed by atoms with van der Waals surface area (Å²) in [5, 5.41) is 14.7. The molecule has 0 bridgehead atoms. The van der Waals surface area contributed by atoms with Crippen molar-refractivity contribution in [3.05, 3.63) is 0 Å². The van der Waals surface area contributed by atoms with Gasteiger partial charge in [0, 0.05) is 13.5 Å². The van der Waals surface area contributed by atoms with E-state index in [1.165, 1.54) is 6.92 Å². The van der Waals surface area contributed by atoms with E-state index in [2.05, 4.69) is 10.6 Å². The number of hydrogen-bond acceptors (Lipinski definition) is 3. The molecule has 0 heterocycles. The minimum atomic E-state index is -0.217. The number of hydrogen-bond donors (Lipinski definition) is 3. The molecule has 92 valence electrons. The van der Waals surface area contributed by atoms with Crippen molar-refractivity contribution in [3.8, 4) is 0 Å². The minimum absolute atomic E-state index is 0.0323. The number of amides is 2. The first-order valence-corrected chi connectivity index (χ1v) is 5.77. The van der Waals surface area contributed by atoms with Crippen LogP contribution in [0.5, 0.6) is 0 Å². The molecule has 16 heavy (non-hydrogen) atoms. The van der Waals surface area contributed by atoms with Crippen molar-refractivity contribution in [2.45, 2.75) is 38.7 Å². The molecule has 1 rings (SSSR count). The Morgan fingerprint density at radius 2 is 2.06 bits per heavy atom. The summed E-state index contributed by atoms with van der Waals surface area (Å²) >= 11 is 0. The van der Waals surface area contributed by atoms with Crippen molar-refractivity contribution < 1.29 is 14.7 Å². The fraction of sp³-hybridized carbons (Fsp3) is 0.818. The molecule has 1 aliphatic carbocycles. The topological polar surface area (TPSA) is 78.4 Å². The molecule has 0 radical (unpaired) electrons. The van der Waals surface area contributed by atoms with Crippen LogP contribution >= 0.6 is 0 Å². The van der Waals surface area contributed by atoms with E-state index in [0.29, 0.717) is 12.5 Å². The SMILES string of the molecule is CC(=O)NCC(=O)NCC1CCCC(O)C1. The second kappa shape index (κ2) is 6.48. The van der Waals surface area contributed by atoms with Gasteiger partial charge in [0.2, 0.25) is 11.8 Å². The van der Waals surface area contributed by atoms with Gasteiger partial charge in [-0.1, -0.05) is 6.42 Å². The van der Waals surface area contributed by atoms with Gasteiger partial charge >= 0.3 is 0 Å². The molecule has 5 nitrogen and oxygen atoms in total. The number of carbonyl (C=O) groups excluding carboxylic acids is 2. The monoisotopic (exact) mass is 228 g/mol. The highest BCUT2D eigenvalue weighted by Gasteiger charge is 2.20. The average molecular weight is 228 g/mol. The number of aliphatic hydroxyl groups is 1. The number of rotatable bonds is 4. The van der Waals surface area contributed by atoms with Crippen LogP contribution < -0.4 is 10.6 Å². The van der Waals surface area contributed by atoms with Crippen molar-refractivity contribution in [1.29, 1.82) is 0 Å². The lowest BCUT2D eigenvalue weighted by molar-refractivity contribution is -0.125. The average Bonchev–Trinajstić information content (AvgIpc) is 2.23. The van der Waals surface area contributed by atoms with Crippen molar-refractivity contribution in [3.63, 3.8) is 0 Å². The van der Waals surface area contributed by atoms with Crippen molar-refractivity contribution in [2.75, 3.05) is 13.1 Å².